The Morgan fingerprint density at radius 3 is 2.64 bits per heavy atom. The van der Waals surface area contributed by atoms with E-state index in [9.17, 15) is 4.79 Å². The fourth-order valence-electron chi connectivity index (χ4n) is 2.36. The standard InChI is InChI=1S/C18H14BrNO2/c1-2-22-18(21)17-11-14(12-6-4-3-5-7-12)15-10-13(19)8-9-16(15)20-17/h3-11H,2H2,1H3. The molecule has 0 N–H and O–H groups in total. The van der Waals surface area contributed by atoms with Crippen LogP contribution in [0.15, 0.2) is 59.1 Å². The number of carbonyl (C=O) groups excluding carboxylic acids is 1. The number of esters is 1. The zero-order valence-corrected chi connectivity index (χ0v) is 13.6. The highest BCUT2D eigenvalue weighted by molar-refractivity contribution is 9.10. The molecule has 22 heavy (non-hydrogen) atoms. The minimum atomic E-state index is -0.399. The Labute approximate surface area is 137 Å². The molecule has 0 aliphatic rings. The molecule has 0 amide bonds. The van der Waals surface area contributed by atoms with E-state index >= 15 is 0 Å². The molecule has 0 unspecified atom stereocenters. The van der Waals surface area contributed by atoms with Crippen molar-refractivity contribution >= 4 is 32.8 Å². The van der Waals surface area contributed by atoms with Crippen LogP contribution in [0.1, 0.15) is 17.4 Å². The van der Waals surface area contributed by atoms with Crippen LogP contribution in [0.3, 0.4) is 0 Å². The molecule has 0 aliphatic carbocycles. The Balaban J connectivity index is 2.26. The molecule has 0 saturated heterocycles. The Morgan fingerprint density at radius 1 is 1.14 bits per heavy atom. The van der Waals surface area contributed by atoms with Gasteiger partial charge in [0.05, 0.1) is 12.1 Å². The van der Waals surface area contributed by atoms with Crippen molar-refractivity contribution < 1.29 is 9.53 Å². The number of hydrogen-bond donors (Lipinski definition) is 0. The third-order valence-corrected chi connectivity index (χ3v) is 3.83. The van der Waals surface area contributed by atoms with Crippen molar-refractivity contribution in [2.24, 2.45) is 0 Å². The lowest BCUT2D eigenvalue weighted by molar-refractivity contribution is 0.0520. The van der Waals surface area contributed by atoms with Gasteiger partial charge in [0.15, 0.2) is 0 Å². The first-order chi connectivity index (χ1) is 10.7. The van der Waals surface area contributed by atoms with Crippen LogP contribution < -0.4 is 0 Å². The van der Waals surface area contributed by atoms with Crippen LogP contribution in [0, 0.1) is 0 Å². The molecule has 2 aromatic carbocycles. The largest absolute Gasteiger partial charge is 0.461 e. The average Bonchev–Trinajstić information content (AvgIpc) is 2.55. The highest BCUT2D eigenvalue weighted by Crippen LogP contribution is 2.30. The van der Waals surface area contributed by atoms with Crippen LogP contribution in [0.4, 0.5) is 0 Å². The Kier molecular flexibility index (Phi) is 4.20. The summed E-state index contributed by atoms with van der Waals surface area (Å²) in [6.45, 7) is 2.12. The Hall–Kier alpha value is -2.20. The third-order valence-electron chi connectivity index (χ3n) is 3.34. The highest BCUT2D eigenvalue weighted by atomic mass is 79.9. The number of aromatic nitrogens is 1. The number of halogens is 1. The number of pyridine rings is 1. The van der Waals surface area contributed by atoms with Crippen molar-refractivity contribution in [2.45, 2.75) is 6.92 Å². The van der Waals surface area contributed by atoms with Gasteiger partial charge in [0.25, 0.3) is 0 Å². The predicted molar refractivity (Wildman–Crippen MR) is 90.8 cm³/mol. The van der Waals surface area contributed by atoms with Crippen molar-refractivity contribution in [1.29, 1.82) is 0 Å². The second-order valence-corrected chi connectivity index (χ2v) is 5.72. The molecule has 3 rings (SSSR count). The monoisotopic (exact) mass is 355 g/mol. The topological polar surface area (TPSA) is 39.2 Å². The summed E-state index contributed by atoms with van der Waals surface area (Å²) in [7, 11) is 0. The van der Waals surface area contributed by atoms with Crippen LogP contribution in [0.5, 0.6) is 0 Å². The average molecular weight is 356 g/mol. The smallest absolute Gasteiger partial charge is 0.356 e. The molecule has 1 heterocycles. The zero-order valence-electron chi connectivity index (χ0n) is 12.0. The molecule has 0 bridgehead atoms. The first-order valence-electron chi connectivity index (χ1n) is 7.02. The fourth-order valence-corrected chi connectivity index (χ4v) is 2.73. The van der Waals surface area contributed by atoms with Gasteiger partial charge in [-0.1, -0.05) is 46.3 Å². The molecule has 0 spiro atoms. The highest BCUT2D eigenvalue weighted by Gasteiger charge is 2.14. The number of hydrogen-bond acceptors (Lipinski definition) is 3. The van der Waals surface area contributed by atoms with Gasteiger partial charge in [-0.15, -0.1) is 0 Å². The number of carbonyl (C=O) groups is 1. The van der Waals surface area contributed by atoms with E-state index in [0.717, 1.165) is 26.5 Å². The van der Waals surface area contributed by atoms with Crippen molar-refractivity contribution in [1.82, 2.24) is 4.98 Å². The maximum atomic E-state index is 12.0. The van der Waals surface area contributed by atoms with E-state index in [2.05, 4.69) is 20.9 Å². The summed E-state index contributed by atoms with van der Waals surface area (Å²) in [6.07, 6.45) is 0. The van der Waals surface area contributed by atoms with Gasteiger partial charge in [0.2, 0.25) is 0 Å². The van der Waals surface area contributed by atoms with Crippen molar-refractivity contribution in [3.05, 3.63) is 64.8 Å². The van der Waals surface area contributed by atoms with E-state index in [1.54, 1.807) is 13.0 Å². The molecule has 110 valence electrons. The summed E-state index contributed by atoms with van der Waals surface area (Å²) in [5.74, 6) is -0.399. The van der Waals surface area contributed by atoms with Crippen LogP contribution in [-0.2, 0) is 4.74 Å². The maximum absolute atomic E-state index is 12.0. The van der Waals surface area contributed by atoms with Crippen molar-refractivity contribution in [3.8, 4) is 11.1 Å². The summed E-state index contributed by atoms with van der Waals surface area (Å²) in [5.41, 5.74) is 3.11. The number of rotatable bonds is 3. The second kappa shape index (κ2) is 6.28. The Bertz CT molecular complexity index is 831. The first-order valence-corrected chi connectivity index (χ1v) is 7.81. The second-order valence-electron chi connectivity index (χ2n) is 4.80. The normalized spacial score (nSPS) is 10.6. The van der Waals surface area contributed by atoms with Crippen LogP contribution in [0.25, 0.3) is 22.0 Å². The molecule has 0 atom stereocenters. The van der Waals surface area contributed by atoms with Gasteiger partial charge in [0.1, 0.15) is 5.69 Å². The van der Waals surface area contributed by atoms with Gasteiger partial charge < -0.3 is 4.74 Å². The van der Waals surface area contributed by atoms with Crippen LogP contribution in [0.2, 0.25) is 0 Å². The quantitative estimate of drug-likeness (QED) is 0.631. The fraction of sp³-hybridized carbons (Fsp3) is 0.111. The van der Waals surface area contributed by atoms with Gasteiger partial charge in [-0.05, 0) is 42.3 Å². The number of fused-ring (bicyclic) bond motifs is 1. The molecule has 4 heteroatoms. The summed E-state index contributed by atoms with van der Waals surface area (Å²) in [4.78, 5) is 16.5. The third kappa shape index (κ3) is 2.88. The molecule has 0 fully saturated rings. The van der Waals surface area contributed by atoms with Gasteiger partial charge in [-0.25, -0.2) is 9.78 Å². The summed E-state index contributed by atoms with van der Waals surface area (Å²) < 4.78 is 6.06. The van der Waals surface area contributed by atoms with E-state index in [-0.39, 0.29) is 0 Å². The lowest BCUT2D eigenvalue weighted by Gasteiger charge is -2.10. The van der Waals surface area contributed by atoms with E-state index in [1.807, 2.05) is 48.5 Å². The first kappa shape index (κ1) is 14.7. The summed E-state index contributed by atoms with van der Waals surface area (Å²) in [6, 6.07) is 17.6. The Morgan fingerprint density at radius 2 is 1.91 bits per heavy atom. The number of ether oxygens (including phenoxy) is 1. The predicted octanol–water partition coefficient (Wildman–Crippen LogP) is 4.84. The van der Waals surface area contributed by atoms with Gasteiger partial charge in [-0.3, -0.25) is 0 Å². The molecule has 1 aromatic heterocycles. The molecule has 3 aromatic rings. The van der Waals surface area contributed by atoms with E-state index in [4.69, 9.17) is 4.74 Å². The lowest BCUT2D eigenvalue weighted by atomic mass is 10.0. The van der Waals surface area contributed by atoms with Gasteiger partial charge >= 0.3 is 5.97 Å². The van der Waals surface area contributed by atoms with Gasteiger partial charge in [-0.2, -0.15) is 0 Å². The molecule has 0 saturated carbocycles. The molecular formula is C18H14BrNO2. The molecule has 0 radical (unpaired) electrons. The zero-order chi connectivity index (χ0) is 15.5. The maximum Gasteiger partial charge on any atom is 0.356 e. The molecular weight excluding hydrogens is 342 g/mol. The van der Waals surface area contributed by atoms with Gasteiger partial charge in [0, 0.05) is 9.86 Å². The van der Waals surface area contributed by atoms with E-state index in [1.165, 1.54) is 0 Å². The van der Waals surface area contributed by atoms with E-state index in [0.29, 0.717) is 12.3 Å². The lowest BCUT2D eigenvalue weighted by Crippen LogP contribution is -2.07. The molecule has 3 nitrogen and oxygen atoms in total. The minimum absolute atomic E-state index is 0.329. The summed E-state index contributed by atoms with van der Waals surface area (Å²) >= 11 is 3.49. The van der Waals surface area contributed by atoms with E-state index < -0.39 is 5.97 Å². The number of benzene rings is 2. The minimum Gasteiger partial charge on any atom is -0.461 e. The van der Waals surface area contributed by atoms with Crippen molar-refractivity contribution in [3.63, 3.8) is 0 Å². The number of nitrogens with zero attached hydrogens (tertiary/aromatic N) is 1. The van der Waals surface area contributed by atoms with Crippen LogP contribution in [-0.4, -0.2) is 17.6 Å². The molecule has 0 aliphatic heterocycles. The van der Waals surface area contributed by atoms with Crippen molar-refractivity contribution in [2.75, 3.05) is 6.61 Å². The summed E-state index contributed by atoms with van der Waals surface area (Å²) in [5, 5.41) is 0.994. The van der Waals surface area contributed by atoms with Crippen LogP contribution >= 0.6 is 15.9 Å². The SMILES string of the molecule is CCOC(=O)c1cc(-c2ccccc2)c2cc(Br)ccc2n1.